The van der Waals surface area contributed by atoms with Crippen LogP contribution in [0.15, 0.2) is 53.4 Å². The number of benzene rings is 2. The minimum atomic E-state index is -3.91. The Labute approximate surface area is 185 Å². The fraction of sp³-hybridized carbons (Fsp3) is 0.458. The number of methoxy groups -OCH3 is 1. The highest BCUT2D eigenvalue weighted by Crippen LogP contribution is 2.26. The lowest BCUT2D eigenvalue weighted by Gasteiger charge is -2.26. The molecule has 168 valence electrons. The molecule has 7 heteroatoms. The predicted molar refractivity (Wildman–Crippen MR) is 123 cm³/mol. The fourth-order valence-corrected chi connectivity index (χ4v) is 5.33. The van der Waals surface area contributed by atoms with E-state index in [2.05, 4.69) is 5.32 Å². The van der Waals surface area contributed by atoms with Crippen molar-refractivity contribution in [2.45, 2.75) is 62.8 Å². The summed E-state index contributed by atoms with van der Waals surface area (Å²) in [5.41, 5.74) is 1.39. The number of nitrogens with one attached hydrogen (secondary N) is 1. The molecule has 1 aliphatic carbocycles. The second kappa shape index (κ2) is 10.7. The quantitative estimate of drug-likeness (QED) is 0.686. The fourth-order valence-electron chi connectivity index (χ4n) is 3.91. The van der Waals surface area contributed by atoms with E-state index in [1.807, 2.05) is 6.92 Å². The first-order chi connectivity index (χ1) is 14.9. The maximum absolute atomic E-state index is 13.4. The number of hydrogen-bond donors (Lipinski definition) is 1. The van der Waals surface area contributed by atoms with Crippen LogP contribution < -0.4 is 14.4 Å². The van der Waals surface area contributed by atoms with Gasteiger partial charge in [0.05, 0.1) is 17.7 Å². The van der Waals surface area contributed by atoms with E-state index in [-0.39, 0.29) is 23.4 Å². The van der Waals surface area contributed by atoms with Gasteiger partial charge in [-0.3, -0.25) is 9.10 Å². The molecule has 0 atom stereocenters. The van der Waals surface area contributed by atoms with E-state index in [1.54, 1.807) is 55.6 Å². The molecule has 0 heterocycles. The number of aryl methyl sites for hydroxylation is 1. The minimum Gasteiger partial charge on any atom is -0.497 e. The summed E-state index contributed by atoms with van der Waals surface area (Å²) in [4.78, 5) is 13.1. The number of rotatable bonds is 7. The van der Waals surface area contributed by atoms with E-state index >= 15 is 0 Å². The van der Waals surface area contributed by atoms with Crippen LogP contribution in [-0.2, 0) is 14.8 Å². The van der Waals surface area contributed by atoms with Crippen LogP contribution in [0, 0.1) is 6.92 Å². The summed E-state index contributed by atoms with van der Waals surface area (Å²) in [6.45, 7) is 1.64. The molecule has 2 aromatic carbocycles. The molecule has 0 spiro atoms. The largest absolute Gasteiger partial charge is 0.497 e. The van der Waals surface area contributed by atoms with Crippen molar-refractivity contribution in [1.29, 1.82) is 0 Å². The number of amides is 1. The third-order valence-corrected chi connectivity index (χ3v) is 7.51. The van der Waals surface area contributed by atoms with Crippen molar-refractivity contribution in [3.8, 4) is 5.75 Å². The summed E-state index contributed by atoms with van der Waals surface area (Å²) in [5.74, 6) is 0.340. The van der Waals surface area contributed by atoms with Gasteiger partial charge in [-0.2, -0.15) is 0 Å². The molecule has 1 amide bonds. The van der Waals surface area contributed by atoms with Crippen molar-refractivity contribution in [3.05, 3.63) is 54.1 Å². The van der Waals surface area contributed by atoms with Crippen molar-refractivity contribution < 1.29 is 17.9 Å². The van der Waals surface area contributed by atoms with Crippen molar-refractivity contribution >= 4 is 21.6 Å². The monoisotopic (exact) mass is 444 g/mol. The predicted octanol–water partition coefficient (Wildman–Crippen LogP) is 4.43. The van der Waals surface area contributed by atoms with Crippen LogP contribution in [0.5, 0.6) is 5.75 Å². The van der Waals surface area contributed by atoms with Crippen molar-refractivity contribution in [1.82, 2.24) is 5.32 Å². The third kappa shape index (κ3) is 6.23. The zero-order valence-corrected chi connectivity index (χ0v) is 19.2. The van der Waals surface area contributed by atoms with Gasteiger partial charge in [-0.25, -0.2) is 8.42 Å². The topological polar surface area (TPSA) is 75.7 Å². The van der Waals surface area contributed by atoms with Gasteiger partial charge in [0.25, 0.3) is 10.0 Å². The highest BCUT2D eigenvalue weighted by molar-refractivity contribution is 7.92. The molecule has 0 bridgehead atoms. The van der Waals surface area contributed by atoms with Crippen LogP contribution in [-0.4, -0.2) is 34.0 Å². The molecule has 3 rings (SSSR count). The Kier molecular flexibility index (Phi) is 7.96. The molecule has 0 aliphatic heterocycles. The maximum atomic E-state index is 13.4. The molecule has 1 N–H and O–H groups in total. The average Bonchev–Trinajstić information content (AvgIpc) is 2.74. The number of carbonyl (C=O) groups excluding carboxylic acids is 1. The minimum absolute atomic E-state index is 0.104. The van der Waals surface area contributed by atoms with Gasteiger partial charge >= 0.3 is 0 Å². The number of anilines is 1. The molecule has 1 saturated carbocycles. The van der Waals surface area contributed by atoms with Gasteiger partial charge in [0.15, 0.2) is 0 Å². The first kappa shape index (κ1) is 23.1. The van der Waals surface area contributed by atoms with Crippen LogP contribution in [0.3, 0.4) is 0 Å². The summed E-state index contributed by atoms with van der Waals surface area (Å²) >= 11 is 0. The zero-order valence-electron chi connectivity index (χ0n) is 18.3. The highest BCUT2D eigenvalue weighted by atomic mass is 32.2. The van der Waals surface area contributed by atoms with Crippen molar-refractivity contribution in [2.75, 3.05) is 18.0 Å². The number of nitrogens with zero attached hydrogens (tertiary/aromatic N) is 1. The van der Waals surface area contributed by atoms with E-state index in [9.17, 15) is 13.2 Å². The lowest BCUT2D eigenvalue weighted by molar-refractivity contribution is -0.120. The van der Waals surface area contributed by atoms with E-state index in [1.165, 1.54) is 23.6 Å². The van der Waals surface area contributed by atoms with Gasteiger partial charge in [-0.1, -0.05) is 49.8 Å². The molecule has 2 aromatic rings. The SMILES string of the molecule is COc1ccc(N(CC(=O)NC2CCCCCCC2)S(=O)(=O)c2ccc(C)cc2)cc1. The van der Waals surface area contributed by atoms with Gasteiger partial charge in [-0.15, -0.1) is 0 Å². The smallest absolute Gasteiger partial charge is 0.264 e. The summed E-state index contributed by atoms with van der Waals surface area (Å²) in [6, 6.07) is 13.5. The molecule has 0 saturated heterocycles. The highest BCUT2D eigenvalue weighted by Gasteiger charge is 2.28. The molecule has 31 heavy (non-hydrogen) atoms. The molecular weight excluding hydrogens is 412 g/mol. The van der Waals surface area contributed by atoms with Crippen LogP contribution in [0.4, 0.5) is 5.69 Å². The molecule has 0 radical (unpaired) electrons. The Morgan fingerprint density at radius 1 is 0.968 bits per heavy atom. The average molecular weight is 445 g/mol. The van der Waals surface area contributed by atoms with Crippen LogP contribution in [0.25, 0.3) is 0 Å². The Bertz CT molecular complexity index is 948. The number of sulfonamides is 1. The summed E-state index contributed by atoms with van der Waals surface area (Å²) in [7, 11) is -2.35. The lowest BCUT2D eigenvalue weighted by Crippen LogP contribution is -2.44. The summed E-state index contributed by atoms with van der Waals surface area (Å²) in [6.07, 6.45) is 7.70. The van der Waals surface area contributed by atoms with Crippen molar-refractivity contribution in [3.63, 3.8) is 0 Å². The first-order valence-electron chi connectivity index (χ1n) is 10.9. The normalized spacial score (nSPS) is 15.5. The van der Waals surface area contributed by atoms with Gasteiger partial charge in [0.2, 0.25) is 5.91 Å². The number of carbonyl (C=O) groups is 1. The van der Waals surface area contributed by atoms with E-state index < -0.39 is 10.0 Å². The van der Waals surface area contributed by atoms with E-state index in [0.29, 0.717) is 11.4 Å². The van der Waals surface area contributed by atoms with Gasteiger partial charge in [0, 0.05) is 6.04 Å². The molecular formula is C24H32N2O4S. The summed E-state index contributed by atoms with van der Waals surface area (Å²) < 4.78 is 33.2. The maximum Gasteiger partial charge on any atom is 0.264 e. The Morgan fingerprint density at radius 2 is 1.55 bits per heavy atom. The van der Waals surface area contributed by atoms with Crippen molar-refractivity contribution in [2.24, 2.45) is 0 Å². The van der Waals surface area contributed by atoms with E-state index in [0.717, 1.165) is 31.2 Å². The standard InChI is InChI=1S/C24H32N2O4S/c1-19-10-16-23(17-11-19)31(28,29)26(21-12-14-22(30-2)15-13-21)18-24(27)25-20-8-6-4-3-5-7-9-20/h10-17,20H,3-9,18H2,1-2H3,(H,25,27). The lowest BCUT2D eigenvalue weighted by atomic mass is 9.97. The molecule has 6 nitrogen and oxygen atoms in total. The summed E-state index contributed by atoms with van der Waals surface area (Å²) in [5, 5.41) is 3.07. The molecule has 1 aliphatic rings. The number of ether oxygens (including phenoxy) is 1. The Balaban J connectivity index is 1.84. The molecule has 1 fully saturated rings. The second-order valence-corrected chi connectivity index (χ2v) is 9.99. The second-order valence-electron chi connectivity index (χ2n) is 8.13. The van der Waals surface area contributed by atoms with Crippen LogP contribution in [0.1, 0.15) is 50.5 Å². The van der Waals surface area contributed by atoms with Crippen LogP contribution in [0.2, 0.25) is 0 Å². The van der Waals surface area contributed by atoms with Gasteiger partial charge in [0.1, 0.15) is 12.3 Å². The number of hydrogen-bond acceptors (Lipinski definition) is 4. The zero-order chi connectivity index (χ0) is 22.3. The Hall–Kier alpha value is -2.54. The van der Waals surface area contributed by atoms with Gasteiger partial charge < -0.3 is 10.1 Å². The Morgan fingerprint density at radius 3 is 2.13 bits per heavy atom. The van der Waals surface area contributed by atoms with E-state index in [4.69, 9.17) is 4.74 Å². The molecule has 0 unspecified atom stereocenters. The third-order valence-electron chi connectivity index (χ3n) is 5.73. The first-order valence-corrected chi connectivity index (χ1v) is 12.4. The molecule has 0 aromatic heterocycles. The van der Waals surface area contributed by atoms with Crippen LogP contribution >= 0.6 is 0 Å². The van der Waals surface area contributed by atoms with Gasteiger partial charge in [-0.05, 0) is 56.2 Å².